The zero-order valence-electron chi connectivity index (χ0n) is 12.8. The van der Waals surface area contributed by atoms with Gasteiger partial charge in [0.05, 0.1) is 17.7 Å². The maximum absolute atomic E-state index is 8.96. The molecule has 1 aliphatic rings. The summed E-state index contributed by atoms with van der Waals surface area (Å²) in [4.78, 5) is 2.51. The molecule has 0 amide bonds. The number of piperazine rings is 1. The van der Waals surface area contributed by atoms with Crippen LogP contribution in [0.15, 0.2) is 54.6 Å². The summed E-state index contributed by atoms with van der Waals surface area (Å²) < 4.78 is 0. The van der Waals surface area contributed by atoms with Crippen LogP contribution in [0.2, 0.25) is 0 Å². The Hall–Kier alpha value is -1.57. The number of nitrogens with zero attached hydrogens (tertiary/aromatic N) is 2. The van der Waals surface area contributed by atoms with E-state index >= 15 is 0 Å². The summed E-state index contributed by atoms with van der Waals surface area (Å²) in [7, 11) is 0. The number of nitrogens with one attached hydrogen (secondary N) is 1. The van der Waals surface area contributed by atoms with E-state index in [4.69, 9.17) is 5.26 Å². The number of benzene rings is 2. The molecule has 1 N–H and O–H groups in total. The highest BCUT2D eigenvalue weighted by molar-refractivity contribution is 5.85. The summed E-state index contributed by atoms with van der Waals surface area (Å²) in [6.07, 6.45) is 0. The fourth-order valence-corrected chi connectivity index (χ4v) is 2.93. The van der Waals surface area contributed by atoms with Crippen LogP contribution in [0.1, 0.15) is 22.7 Å². The van der Waals surface area contributed by atoms with E-state index in [1.165, 1.54) is 11.1 Å². The lowest BCUT2D eigenvalue weighted by Crippen LogP contribution is -2.45. The molecule has 2 aromatic rings. The van der Waals surface area contributed by atoms with Crippen molar-refractivity contribution in [3.63, 3.8) is 0 Å². The van der Waals surface area contributed by atoms with Crippen LogP contribution in [0.3, 0.4) is 0 Å². The Morgan fingerprint density at radius 2 is 1.43 bits per heavy atom. The predicted molar refractivity (Wildman–Crippen MR) is 98.4 cm³/mol. The van der Waals surface area contributed by atoms with Crippen molar-refractivity contribution in [2.45, 2.75) is 6.04 Å². The zero-order valence-corrected chi connectivity index (χ0v) is 14.4. The summed E-state index contributed by atoms with van der Waals surface area (Å²) in [6.45, 7) is 4.14. The molecule has 0 saturated carbocycles. The Labute approximate surface area is 150 Å². The SMILES string of the molecule is Cl.Cl.N#Cc1ccc(C(c2ccccc2)N2CCNCC2)cc1. The number of rotatable bonds is 3. The van der Waals surface area contributed by atoms with Gasteiger partial charge in [0.1, 0.15) is 0 Å². The van der Waals surface area contributed by atoms with Crippen molar-refractivity contribution in [3.05, 3.63) is 71.3 Å². The monoisotopic (exact) mass is 349 g/mol. The largest absolute Gasteiger partial charge is 0.314 e. The van der Waals surface area contributed by atoms with Gasteiger partial charge in [-0.15, -0.1) is 24.8 Å². The summed E-state index contributed by atoms with van der Waals surface area (Å²) in [5.41, 5.74) is 3.28. The first-order chi connectivity index (χ1) is 10.4. The van der Waals surface area contributed by atoms with E-state index < -0.39 is 0 Å². The Morgan fingerprint density at radius 1 is 0.870 bits per heavy atom. The minimum Gasteiger partial charge on any atom is -0.314 e. The van der Waals surface area contributed by atoms with Gasteiger partial charge in [0.2, 0.25) is 0 Å². The topological polar surface area (TPSA) is 39.1 Å². The van der Waals surface area contributed by atoms with Crippen LogP contribution in [0.4, 0.5) is 0 Å². The van der Waals surface area contributed by atoms with Crippen LogP contribution in [0.5, 0.6) is 0 Å². The summed E-state index contributed by atoms with van der Waals surface area (Å²) in [6, 6.07) is 21.0. The van der Waals surface area contributed by atoms with Crippen LogP contribution in [0.25, 0.3) is 0 Å². The molecule has 0 aliphatic carbocycles. The molecular weight excluding hydrogens is 329 g/mol. The number of hydrogen-bond acceptors (Lipinski definition) is 3. The Balaban J connectivity index is 0.00000132. The average molecular weight is 350 g/mol. The molecule has 3 nitrogen and oxygen atoms in total. The van der Waals surface area contributed by atoms with Crippen molar-refractivity contribution in [1.82, 2.24) is 10.2 Å². The third kappa shape index (κ3) is 4.70. The highest BCUT2D eigenvalue weighted by Gasteiger charge is 2.23. The highest BCUT2D eigenvalue weighted by Crippen LogP contribution is 2.28. The van der Waals surface area contributed by atoms with Gasteiger partial charge in [-0.2, -0.15) is 5.26 Å². The standard InChI is InChI=1S/C18H19N3.2ClH/c19-14-15-6-8-17(9-7-15)18(16-4-2-1-3-5-16)21-12-10-20-11-13-21;;/h1-9,18,20H,10-13H2;2*1H. The van der Waals surface area contributed by atoms with Gasteiger partial charge >= 0.3 is 0 Å². The van der Waals surface area contributed by atoms with Crippen LogP contribution >= 0.6 is 24.8 Å². The Morgan fingerprint density at radius 3 is 2.00 bits per heavy atom. The summed E-state index contributed by atoms with van der Waals surface area (Å²) in [5, 5.41) is 12.4. The van der Waals surface area contributed by atoms with Gasteiger partial charge in [-0.05, 0) is 23.3 Å². The first-order valence-corrected chi connectivity index (χ1v) is 7.38. The quantitative estimate of drug-likeness (QED) is 0.922. The molecule has 0 spiro atoms. The zero-order chi connectivity index (χ0) is 14.5. The van der Waals surface area contributed by atoms with Gasteiger partial charge < -0.3 is 5.32 Å². The highest BCUT2D eigenvalue weighted by atomic mass is 35.5. The molecule has 3 rings (SSSR count). The fourth-order valence-electron chi connectivity index (χ4n) is 2.93. The van der Waals surface area contributed by atoms with Crippen molar-refractivity contribution in [1.29, 1.82) is 5.26 Å². The van der Waals surface area contributed by atoms with Crippen molar-refractivity contribution in [3.8, 4) is 6.07 Å². The van der Waals surface area contributed by atoms with Gasteiger partial charge in [0, 0.05) is 26.2 Å². The van der Waals surface area contributed by atoms with E-state index in [0.29, 0.717) is 5.56 Å². The molecule has 0 aromatic heterocycles. The maximum atomic E-state index is 8.96. The van der Waals surface area contributed by atoms with Crippen molar-refractivity contribution < 1.29 is 0 Å². The van der Waals surface area contributed by atoms with E-state index in [1.807, 2.05) is 12.1 Å². The van der Waals surface area contributed by atoms with Gasteiger partial charge in [0.25, 0.3) is 0 Å². The minimum absolute atomic E-state index is 0. The Bertz CT molecular complexity index is 617. The molecule has 1 fully saturated rings. The van der Waals surface area contributed by atoms with E-state index in [9.17, 15) is 0 Å². The lowest BCUT2D eigenvalue weighted by Gasteiger charge is -2.35. The van der Waals surface area contributed by atoms with E-state index in [-0.39, 0.29) is 30.9 Å². The molecule has 0 radical (unpaired) electrons. The lowest BCUT2D eigenvalue weighted by atomic mass is 9.96. The minimum atomic E-state index is 0. The first-order valence-electron chi connectivity index (χ1n) is 7.38. The average Bonchev–Trinajstić information content (AvgIpc) is 2.58. The molecule has 1 unspecified atom stereocenters. The second-order valence-corrected chi connectivity index (χ2v) is 5.33. The van der Waals surface area contributed by atoms with Gasteiger partial charge in [-0.25, -0.2) is 0 Å². The van der Waals surface area contributed by atoms with Crippen molar-refractivity contribution >= 4 is 24.8 Å². The van der Waals surface area contributed by atoms with Crippen LogP contribution in [-0.2, 0) is 0 Å². The van der Waals surface area contributed by atoms with Crippen molar-refractivity contribution in [2.24, 2.45) is 0 Å². The van der Waals surface area contributed by atoms with Crippen LogP contribution in [-0.4, -0.2) is 31.1 Å². The molecule has 122 valence electrons. The fraction of sp³-hybridized carbons (Fsp3) is 0.278. The predicted octanol–water partition coefficient (Wildman–Crippen LogP) is 3.40. The third-order valence-corrected chi connectivity index (χ3v) is 3.99. The lowest BCUT2D eigenvalue weighted by molar-refractivity contribution is 0.198. The van der Waals surface area contributed by atoms with E-state index in [1.54, 1.807) is 0 Å². The number of halogens is 2. The molecule has 23 heavy (non-hydrogen) atoms. The van der Waals surface area contributed by atoms with E-state index in [0.717, 1.165) is 26.2 Å². The van der Waals surface area contributed by atoms with Crippen LogP contribution < -0.4 is 5.32 Å². The van der Waals surface area contributed by atoms with Gasteiger partial charge in [-0.3, -0.25) is 4.90 Å². The van der Waals surface area contributed by atoms with Gasteiger partial charge in [-0.1, -0.05) is 42.5 Å². The van der Waals surface area contributed by atoms with E-state index in [2.05, 4.69) is 58.8 Å². The summed E-state index contributed by atoms with van der Waals surface area (Å²) >= 11 is 0. The summed E-state index contributed by atoms with van der Waals surface area (Å²) in [5.74, 6) is 0. The molecule has 1 heterocycles. The number of hydrogen-bond donors (Lipinski definition) is 1. The first kappa shape index (κ1) is 19.5. The molecule has 1 aliphatic heterocycles. The second-order valence-electron chi connectivity index (χ2n) is 5.33. The molecule has 1 atom stereocenters. The molecule has 1 saturated heterocycles. The third-order valence-electron chi connectivity index (χ3n) is 3.99. The molecule has 2 aromatic carbocycles. The normalized spacial score (nSPS) is 15.6. The maximum Gasteiger partial charge on any atom is 0.0991 e. The number of nitriles is 1. The molecule has 5 heteroatoms. The second kappa shape index (κ2) is 9.54. The van der Waals surface area contributed by atoms with Gasteiger partial charge in [0.15, 0.2) is 0 Å². The molecular formula is C18H21Cl2N3. The Kier molecular flexibility index (Phi) is 8.08. The van der Waals surface area contributed by atoms with Crippen molar-refractivity contribution in [2.75, 3.05) is 26.2 Å². The van der Waals surface area contributed by atoms with Crippen LogP contribution in [0, 0.1) is 11.3 Å². The smallest absolute Gasteiger partial charge is 0.0991 e. The molecule has 0 bridgehead atoms.